The minimum Gasteiger partial charge on any atom is -0.496 e. The molecule has 1 amide bonds. The Labute approximate surface area is 183 Å². The zero-order chi connectivity index (χ0) is 21.7. The van der Waals surface area contributed by atoms with Gasteiger partial charge in [0.1, 0.15) is 22.9 Å². The predicted molar refractivity (Wildman–Crippen MR) is 117 cm³/mol. The number of carbonyl (C=O) groups excluding carboxylic acids is 2. The van der Waals surface area contributed by atoms with Crippen LogP contribution in [0, 0.1) is 13.8 Å². The first-order valence-electron chi connectivity index (χ1n) is 9.16. The summed E-state index contributed by atoms with van der Waals surface area (Å²) in [5.74, 6) is -0.326. The molecule has 1 aromatic heterocycles. The van der Waals surface area contributed by atoms with Crippen molar-refractivity contribution in [2.24, 2.45) is 0 Å². The molecule has 3 aromatic rings. The van der Waals surface area contributed by atoms with Crippen LogP contribution < -0.4 is 10.1 Å². The number of nitrogens with zero attached hydrogens (tertiary/aromatic N) is 1. The Morgan fingerprint density at radius 1 is 1.17 bits per heavy atom. The number of thiazole rings is 1. The van der Waals surface area contributed by atoms with Crippen LogP contribution in [0.2, 0.25) is 5.02 Å². The number of amides is 1. The highest BCUT2D eigenvalue weighted by Gasteiger charge is 2.16. The Kier molecular flexibility index (Phi) is 7.07. The van der Waals surface area contributed by atoms with Crippen molar-refractivity contribution in [2.75, 3.05) is 12.4 Å². The fourth-order valence-electron chi connectivity index (χ4n) is 2.76. The molecular weight excluding hydrogens is 424 g/mol. The lowest BCUT2D eigenvalue weighted by molar-refractivity contribution is -0.115. The number of hydrogen-bond acceptors (Lipinski definition) is 6. The second-order valence-electron chi connectivity index (χ2n) is 6.70. The van der Waals surface area contributed by atoms with Crippen LogP contribution >= 0.6 is 22.9 Å². The zero-order valence-electron chi connectivity index (χ0n) is 16.8. The van der Waals surface area contributed by atoms with Gasteiger partial charge in [-0.25, -0.2) is 9.78 Å². The second kappa shape index (κ2) is 9.73. The second-order valence-corrected chi connectivity index (χ2v) is 8.08. The SMILES string of the molecule is COc1ccc(Cl)cc1C(=O)OCc1csc(CC(=O)Nc2cc(C)ccc2C)n1. The number of aromatic nitrogens is 1. The highest BCUT2D eigenvalue weighted by atomic mass is 35.5. The molecule has 156 valence electrons. The number of esters is 1. The molecule has 0 aliphatic rings. The van der Waals surface area contributed by atoms with Gasteiger partial charge in [0.05, 0.1) is 19.2 Å². The van der Waals surface area contributed by atoms with E-state index in [4.69, 9.17) is 21.1 Å². The van der Waals surface area contributed by atoms with Crippen LogP contribution in [0.1, 0.15) is 32.2 Å². The number of rotatable bonds is 7. The molecule has 8 heteroatoms. The van der Waals surface area contributed by atoms with E-state index < -0.39 is 5.97 Å². The van der Waals surface area contributed by atoms with E-state index in [9.17, 15) is 9.59 Å². The van der Waals surface area contributed by atoms with E-state index in [1.165, 1.54) is 24.5 Å². The van der Waals surface area contributed by atoms with Gasteiger partial charge in [0.25, 0.3) is 0 Å². The Balaban J connectivity index is 1.57. The van der Waals surface area contributed by atoms with Crippen molar-refractivity contribution < 1.29 is 19.1 Å². The van der Waals surface area contributed by atoms with Gasteiger partial charge in [-0.05, 0) is 49.2 Å². The van der Waals surface area contributed by atoms with E-state index >= 15 is 0 Å². The third kappa shape index (κ3) is 5.58. The summed E-state index contributed by atoms with van der Waals surface area (Å²) in [6.45, 7) is 3.91. The maximum Gasteiger partial charge on any atom is 0.342 e. The molecule has 0 radical (unpaired) electrons. The van der Waals surface area contributed by atoms with Gasteiger partial charge in [-0.3, -0.25) is 4.79 Å². The molecule has 0 unspecified atom stereocenters. The molecule has 0 saturated heterocycles. The standard InChI is InChI=1S/C22H21ClN2O4S/c1-13-4-5-14(2)18(8-13)25-20(26)10-21-24-16(12-30-21)11-29-22(27)17-9-15(23)6-7-19(17)28-3/h4-9,12H,10-11H2,1-3H3,(H,25,26). The van der Waals surface area contributed by atoms with Crippen LogP contribution in [0.4, 0.5) is 5.69 Å². The highest BCUT2D eigenvalue weighted by Crippen LogP contribution is 2.24. The summed E-state index contributed by atoms with van der Waals surface area (Å²) in [4.78, 5) is 29.1. The average Bonchev–Trinajstić information content (AvgIpc) is 3.16. The van der Waals surface area contributed by atoms with Crippen molar-refractivity contribution in [2.45, 2.75) is 26.9 Å². The van der Waals surface area contributed by atoms with Crippen LogP contribution in [-0.2, 0) is 22.6 Å². The van der Waals surface area contributed by atoms with E-state index in [2.05, 4.69) is 10.3 Å². The summed E-state index contributed by atoms with van der Waals surface area (Å²) in [6, 6.07) is 10.6. The lowest BCUT2D eigenvalue weighted by Crippen LogP contribution is -2.15. The normalized spacial score (nSPS) is 10.5. The first-order valence-corrected chi connectivity index (χ1v) is 10.4. The molecule has 0 fully saturated rings. The molecule has 0 aliphatic heterocycles. The topological polar surface area (TPSA) is 77.5 Å². The number of carbonyl (C=O) groups is 2. The lowest BCUT2D eigenvalue weighted by atomic mass is 10.1. The molecule has 1 heterocycles. The quantitative estimate of drug-likeness (QED) is 0.521. The molecule has 3 rings (SSSR count). The van der Waals surface area contributed by atoms with Crippen LogP contribution in [0.3, 0.4) is 0 Å². The molecule has 1 N–H and O–H groups in total. The zero-order valence-corrected chi connectivity index (χ0v) is 18.4. The van der Waals surface area contributed by atoms with Crippen LogP contribution in [-0.4, -0.2) is 24.0 Å². The molecular formula is C22H21ClN2O4S. The first kappa shape index (κ1) is 21.8. The van der Waals surface area contributed by atoms with Gasteiger partial charge in [0, 0.05) is 16.1 Å². The van der Waals surface area contributed by atoms with Gasteiger partial charge < -0.3 is 14.8 Å². The number of aryl methyl sites for hydroxylation is 2. The number of halogens is 1. The van der Waals surface area contributed by atoms with Gasteiger partial charge in [-0.2, -0.15) is 0 Å². The van der Waals surface area contributed by atoms with Crippen molar-refractivity contribution in [1.29, 1.82) is 0 Å². The fraction of sp³-hybridized carbons (Fsp3) is 0.227. The average molecular weight is 445 g/mol. The third-order valence-corrected chi connectivity index (χ3v) is 5.44. The van der Waals surface area contributed by atoms with Gasteiger partial charge in [0.2, 0.25) is 5.91 Å². The Hall–Kier alpha value is -2.90. The Morgan fingerprint density at radius 3 is 2.73 bits per heavy atom. The number of nitrogens with one attached hydrogen (secondary N) is 1. The molecule has 0 saturated carbocycles. The van der Waals surface area contributed by atoms with E-state index in [0.29, 0.717) is 21.5 Å². The minimum atomic E-state index is -0.559. The van der Waals surface area contributed by atoms with Crippen molar-refractivity contribution in [3.63, 3.8) is 0 Å². The molecule has 0 spiro atoms. The predicted octanol–water partition coefficient (Wildman–Crippen LogP) is 4.96. The van der Waals surface area contributed by atoms with Gasteiger partial charge in [0.15, 0.2) is 0 Å². The van der Waals surface area contributed by atoms with E-state index in [1.807, 2.05) is 32.0 Å². The summed E-state index contributed by atoms with van der Waals surface area (Å²) >= 11 is 7.30. The van der Waals surface area contributed by atoms with Gasteiger partial charge >= 0.3 is 5.97 Å². The van der Waals surface area contributed by atoms with E-state index in [-0.39, 0.29) is 24.5 Å². The van der Waals surface area contributed by atoms with Crippen LogP contribution in [0.25, 0.3) is 0 Å². The molecule has 0 bridgehead atoms. The largest absolute Gasteiger partial charge is 0.496 e. The molecule has 0 aliphatic carbocycles. The summed E-state index contributed by atoms with van der Waals surface area (Å²) in [6.07, 6.45) is 0.147. The summed E-state index contributed by atoms with van der Waals surface area (Å²) in [7, 11) is 1.47. The van der Waals surface area contributed by atoms with E-state index in [0.717, 1.165) is 16.8 Å². The maximum absolute atomic E-state index is 12.4. The van der Waals surface area contributed by atoms with Crippen molar-refractivity contribution in [3.05, 3.63) is 74.2 Å². The third-order valence-electron chi connectivity index (χ3n) is 4.31. The highest BCUT2D eigenvalue weighted by molar-refractivity contribution is 7.09. The van der Waals surface area contributed by atoms with Crippen molar-refractivity contribution >= 4 is 40.5 Å². The lowest BCUT2D eigenvalue weighted by Gasteiger charge is -2.09. The fourth-order valence-corrected chi connectivity index (χ4v) is 3.70. The smallest absolute Gasteiger partial charge is 0.342 e. The monoisotopic (exact) mass is 444 g/mol. The summed E-state index contributed by atoms with van der Waals surface area (Å²) < 4.78 is 10.5. The van der Waals surface area contributed by atoms with E-state index in [1.54, 1.807) is 17.5 Å². The van der Waals surface area contributed by atoms with Gasteiger partial charge in [-0.15, -0.1) is 11.3 Å². The number of benzene rings is 2. The molecule has 6 nitrogen and oxygen atoms in total. The summed E-state index contributed by atoms with van der Waals surface area (Å²) in [5, 5.41) is 5.73. The molecule has 0 atom stereocenters. The Bertz CT molecular complexity index is 1080. The van der Waals surface area contributed by atoms with Gasteiger partial charge in [-0.1, -0.05) is 23.7 Å². The van der Waals surface area contributed by atoms with Crippen LogP contribution in [0.15, 0.2) is 41.8 Å². The van der Waals surface area contributed by atoms with Crippen molar-refractivity contribution in [3.8, 4) is 5.75 Å². The Morgan fingerprint density at radius 2 is 1.97 bits per heavy atom. The van der Waals surface area contributed by atoms with Crippen LogP contribution in [0.5, 0.6) is 5.75 Å². The molecule has 30 heavy (non-hydrogen) atoms. The van der Waals surface area contributed by atoms with Crippen molar-refractivity contribution in [1.82, 2.24) is 4.98 Å². The minimum absolute atomic E-state index is 0.0103. The molecule has 2 aromatic carbocycles. The maximum atomic E-state index is 12.4. The number of ether oxygens (including phenoxy) is 2. The number of anilines is 1. The summed E-state index contributed by atoms with van der Waals surface area (Å²) in [5.41, 5.74) is 3.68. The number of hydrogen-bond donors (Lipinski definition) is 1. The number of methoxy groups -OCH3 is 1. The first-order chi connectivity index (χ1) is 14.4.